The lowest BCUT2D eigenvalue weighted by Gasteiger charge is -2.56. The molecule has 0 radical (unpaired) electrons. The monoisotopic (exact) mass is 225 g/mol. The Morgan fingerprint density at radius 3 is 2.12 bits per heavy atom. The highest BCUT2D eigenvalue weighted by Crippen LogP contribution is 2.48. The zero-order valence-corrected chi connectivity index (χ0v) is 11.4. The maximum absolute atomic E-state index is 6.62. The second-order valence-corrected chi connectivity index (χ2v) is 6.24. The van der Waals surface area contributed by atoms with E-state index in [1.54, 1.807) is 0 Å². The molecule has 2 rings (SSSR count). The molecule has 0 aromatic heterocycles. The lowest BCUT2D eigenvalue weighted by Crippen LogP contribution is -2.66. The Balaban J connectivity index is 2.24. The Labute approximate surface area is 100 Å². The molecule has 0 aromatic rings. The number of ether oxygens (including phenoxy) is 1. The van der Waals surface area contributed by atoms with E-state index in [2.05, 4.69) is 33.0 Å². The Kier molecular flexibility index (Phi) is 3.09. The van der Waals surface area contributed by atoms with Gasteiger partial charge in [-0.1, -0.05) is 27.7 Å². The van der Waals surface area contributed by atoms with Gasteiger partial charge in [-0.3, -0.25) is 5.32 Å². The largest absolute Gasteiger partial charge is 0.354 e. The average Bonchev–Trinajstić information content (AvgIpc) is 2.71. The molecule has 1 saturated heterocycles. The fraction of sp³-hybridized carbons (Fsp3) is 1.00. The van der Waals surface area contributed by atoms with E-state index in [9.17, 15) is 0 Å². The van der Waals surface area contributed by atoms with Gasteiger partial charge in [0.15, 0.2) is 0 Å². The quantitative estimate of drug-likeness (QED) is 0.777. The van der Waals surface area contributed by atoms with Crippen LogP contribution in [0.15, 0.2) is 0 Å². The van der Waals surface area contributed by atoms with E-state index in [0.29, 0.717) is 0 Å². The summed E-state index contributed by atoms with van der Waals surface area (Å²) in [6.07, 6.45) is 7.28. The van der Waals surface area contributed by atoms with Gasteiger partial charge in [0.05, 0.1) is 5.60 Å². The summed E-state index contributed by atoms with van der Waals surface area (Å²) in [4.78, 5) is 0. The molecule has 0 unspecified atom stereocenters. The SMILES string of the molecule is CCC1(CC)OC2(CCCC2)NCC1(C)C. The molecule has 1 spiro atoms. The van der Waals surface area contributed by atoms with Gasteiger partial charge in [-0.25, -0.2) is 0 Å². The first-order valence-corrected chi connectivity index (χ1v) is 6.94. The van der Waals surface area contributed by atoms with Gasteiger partial charge in [0.2, 0.25) is 0 Å². The summed E-state index contributed by atoms with van der Waals surface area (Å²) >= 11 is 0. The van der Waals surface area contributed by atoms with Gasteiger partial charge >= 0.3 is 0 Å². The van der Waals surface area contributed by atoms with Crippen LogP contribution in [-0.2, 0) is 4.74 Å². The molecular weight excluding hydrogens is 198 g/mol. The number of nitrogens with one attached hydrogen (secondary N) is 1. The molecule has 1 N–H and O–H groups in total. The highest BCUT2D eigenvalue weighted by Gasteiger charge is 2.53. The third-order valence-electron chi connectivity index (χ3n) is 5.03. The highest BCUT2D eigenvalue weighted by molar-refractivity contribution is 5.03. The van der Waals surface area contributed by atoms with Crippen molar-refractivity contribution in [2.75, 3.05) is 6.54 Å². The normalized spacial score (nSPS) is 30.8. The maximum Gasteiger partial charge on any atom is 0.120 e. The second-order valence-electron chi connectivity index (χ2n) is 6.24. The average molecular weight is 225 g/mol. The van der Waals surface area contributed by atoms with Crippen molar-refractivity contribution in [3.63, 3.8) is 0 Å². The van der Waals surface area contributed by atoms with Crippen LogP contribution in [0.4, 0.5) is 0 Å². The standard InChI is InChI=1S/C14H27NO/c1-5-13(6-2)12(3,4)11-15-14(16-13)9-7-8-10-14/h15H,5-11H2,1-4H3. The summed E-state index contributed by atoms with van der Waals surface area (Å²) in [5.41, 5.74) is 0.328. The summed E-state index contributed by atoms with van der Waals surface area (Å²) in [6.45, 7) is 10.3. The van der Waals surface area contributed by atoms with Gasteiger partial charge in [0.1, 0.15) is 5.72 Å². The molecule has 2 heteroatoms. The Hall–Kier alpha value is -0.0800. The first-order chi connectivity index (χ1) is 7.49. The zero-order valence-electron chi connectivity index (χ0n) is 11.4. The topological polar surface area (TPSA) is 21.3 Å². The minimum absolute atomic E-state index is 0.0154. The lowest BCUT2D eigenvalue weighted by molar-refractivity contribution is -0.252. The maximum atomic E-state index is 6.62. The van der Waals surface area contributed by atoms with Gasteiger partial charge in [0.25, 0.3) is 0 Å². The minimum Gasteiger partial charge on any atom is -0.354 e. The van der Waals surface area contributed by atoms with E-state index >= 15 is 0 Å². The van der Waals surface area contributed by atoms with Crippen LogP contribution in [0, 0.1) is 5.41 Å². The Morgan fingerprint density at radius 2 is 1.62 bits per heavy atom. The molecule has 2 nitrogen and oxygen atoms in total. The molecule has 0 amide bonds. The van der Waals surface area contributed by atoms with Crippen molar-refractivity contribution in [2.45, 2.75) is 77.5 Å². The fourth-order valence-electron chi connectivity index (χ4n) is 3.67. The van der Waals surface area contributed by atoms with E-state index in [-0.39, 0.29) is 16.7 Å². The molecule has 1 aliphatic heterocycles. The van der Waals surface area contributed by atoms with Crippen molar-refractivity contribution >= 4 is 0 Å². The van der Waals surface area contributed by atoms with Crippen molar-refractivity contribution in [3.05, 3.63) is 0 Å². The van der Waals surface area contributed by atoms with Gasteiger partial charge in [-0.2, -0.15) is 0 Å². The summed E-state index contributed by atoms with van der Waals surface area (Å²) in [6, 6.07) is 0. The van der Waals surface area contributed by atoms with Crippen molar-refractivity contribution in [1.82, 2.24) is 5.32 Å². The predicted octanol–water partition coefficient (Wildman–Crippen LogP) is 3.46. The summed E-state index contributed by atoms with van der Waals surface area (Å²) in [5.74, 6) is 0. The summed E-state index contributed by atoms with van der Waals surface area (Å²) < 4.78 is 6.62. The van der Waals surface area contributed by atoms with Crippen molar-refractivity contribution in [2.24, 2.45) is 5.41 Å². The Morgan fingerprint density at radius 1 is 1.06 bits per heavy atom. The molecule has 1 saturated carbocycles. The molecule has 16 heavy (non-hydrogen) atoms. The lowest BCUT2D eigenvalue weighted by atomic mass is 9.69. The molecule has 0 bridgehead atoms. The number of hydrogen-bond acceptors (Lipinski definition) is 2. The first-order valence-electron chi connectivity index (χ1n) is 6.94. The van der Waals surface area contributed by atoms with E-state index in [4.69, 9.17) is 4.74 Å². The van der Waals surface area contributed by atoms with Crippen LogP contribution in [0.1, 0.15) is 66.2 Å². The minimum atomic E-state index is 0.0154. The van der Waals surface area contributed by atoms with Gasteiger partial charge in [-0.05, 0) is 38.5 Å². The van der Waals surface area contributed by atoms with E-state index in [0.717, 1.165) is 19.4 Å². The van der Waals surface area contributed by atoms with Crippen LogP contribution in [-0.4, -0.2) is 17.9 Å². The second kappa shape index (κ2) is 3.99. The number of hydrogen-bond donors (Lipinski definition) is 1. The zero-order chi connectivity index (χ0) is 11.9. The molecule has 94 valence electrons. The van der Waals surface area contributed by atoms with Gasteiger partial charge < -0.3 is 4.74 Å². The highest BCUT2D eigenvalue weighted by atomic mass is 16.5. The molecule has 2 aliphatic rings. The van der Waals surface area contributed by atoms with Crippen molar-refractivity contribution in [3.8, 4) is 0 Å². The van der Waals surface area contributed by atoms with Crippen molar-refractivity contribution < 1.29 is 4.74 Å². The van der Waals surface area contributed by atoms with E-state index < -0.39 is 0 Å². The van der Waals surface area contributed by atoms with Crippen LogP contribution in [0.3, 0.4) is 0 Å². The first kappa shape index (κ1) is 12.4. The van der Waals surface area contributed by atoms with E-state index in [1.165, 1.54) is 25.7 Å². The number of rotatable bonds is 2. The molecule has 0 atom stereocenters. The van der Waals surface area contributed by atoms with Gasteiger partial charge in [-0.15, -0.1) is 0 Å². The molecule has 1 heterocycles. The summed E-state index contributed by atoms with van der Waals surface area (Å²) in [7, 11) is 0. The van der Waals surface area contributed by atoms with Gasteiger partial charge in [0, 0.05) is 12.0 Å². The third kappa shape index (κ3) is 1.70. The molecule has 2 fully saturated rings. The van der Waals surface area contributed by atoms with Crippen LogP contribution in [0.5, 0.6) is 0 Å². The van der Waals surface area contributed by atoms with Crippen LogP contribution in [0.2, 0.25) is 0 Å². The van der Waals surface area contributed by atoms with Crippen LogP contribution >= 0.6 is 0 Å². The van der Waals surface area contributed by atoms with Crippen LogP contribution in [0.25, 0.3) is 0 Å². The molecule has 0 aromatic carbocycles. The predicted molar refractivity (Wildman–Crippen MR) is 67.4 cm³/mol. The third-order valence-corrected chi connectivity index (χ3v) is 5.03. The van der Waals surface area contributed by atoms with E-state index in [1.807, 2.05) is 0 Å². The molecule has 1 aliphatic carbocycles. The van der Waals surface area contributed by atoms with Crippen LogP contribution < -0.4 is 5.32 Å². The van der Waals surface area contributed by atoms with Crippen molar-refractivity contribution in [1.29, 1.82) is 0 Å². The molecular formula is C14H27NO. The fourth-order valence-corrected chi connectivity index (χ4v) is 3.67. The smallest absolute Gasteiger partial charge is 0.120 e. The Bertz CT molecular complexity index is 249. The summed E-state index contributed by atoms with van der Waals surface area (Å²) in [5, 5.41) is 3.69.